The van der Waals surface area contributed by atoms with Crippen LogP contribution in [0.15, 0.2) is 53.1 Å². The van der Waals surface area contributed by atoms with Crippen LogP contribution in [-0.4, -0.2) is 0 Å². The fraction of sp³-hybridized carbons (Fsp3) is 0. The molecule has 4 aromatic rings. The van der Waals surface area contributed by atoms with Crippen LogP contribution in [0.3, 0.4) is 0 Å². The molecule has 0 radical (unpaired) electrons. The van der Waals surface area contributed by atoms with Gasteiger partial charge in [-0.3, -0.25) is 0 Å². The Morgan fingerprint density at radius 2 is 0.500 bits per heavy atom. The number of allylic oxidation sites excluding steroid dienone is 3. The van der Waals surface area contributed by atoms with Crippen molar-refractivity contribution in [1.82, 2.24) is 0 Å². The van der Waals surface area contributed by atoms with Crippen LogP contribution in [0.1, 0.15) is 33.4 Å². The minimum absolute atomic E-state index is 0.141. The van der Waals surface area contributed by atoms with Crippen LogP contribution in [0.2, 0.25) is 0 Å². The molecule has 0 unspecified atom stereocenters. The molecule has 0 saturated heterocycles. The maximum absolute atomic E-state index is 15.0. The first-order chi connectivity index (χ1) is 23.1. The van der Waals surface area contributed by atoms with Crippen LogP contribution in [-0.2, 0) is 0 Å². The number of fused-ring (bicyclic) bond motifs is 12. The van der Waals surface area contributed by atoms with E-state index in [1.165, 1.54) is 0 Å². The zero-order valence-corrected chi connectivity index (χ0v) is 23.4. The topological polar surface area (TPSA) is 143 Å². The molecule has 0 amide bonds. The van der Waals surface area contributed by atoms with E-state index in [1.54, 1.807) is 36.4 Å². The molecule has 0 fully saturated rings. The van der Waals surface area contributed by atoms with Crippen molar-refractivity contribution in [1.29, 1.82) is 31.6 Å². The first-order valence-electron chi connectivity index (χ1n) is 13.4. The molecule has 0 N–H and O–H groups in total. The molecule has 0 saturated carbocycles. The highest BCUT2D eigenvalue weighted by Crippen LogP contribution is 2.65. The van der Waals surface area contributed by atoms with Crippen molar-refractivity contribution < 1.29 is 26.3 Å². The van der Waals surface area contributed by atoms with Gasteiger partial charge >= 0.3 is 0 Å². The van der Waals surface area contributed by atoms with Crippen molar-refractivity contribution >= 4 is 16.7 Å². The predicted octanol–water partition coefficient (Wildman–Crippen LogP) is 8.01. The van der Waals surface area contributed by atoms with E-state index >= 15 is 13.2 Å². The third-order valence-corrected chi connectivity index (χ3v) is 8.47. The highest BCUT2D eigenvalue weighted by Gasteiger charge is 2.46. The van der Waals surface area contributed by atoms with Crippen molar-refractivity contribution in [2.45, 2.75) is 0 Å². The van der Waals surface area contributed by atoms with Gasteiger partial charge in [-0.15, -0.1) is 0 Å². The monoisotopic (exact) mass is 636 g/mol. The molecule has 0 heterocycles. The SMILES string of the molecule is N#CC(C#N)=C1c2cc(F)c(F)cc2-c2c1c1c(c3c2C(=C(C#N)C#N)c2cc(F)c(F)cc2-3)C(=C(C#N)C#N)c2cc(F)c(F)cc2-1. The van der Waals surface area contributed by atoms with Crippen LogP contribution in [0, 0.1) is 103 Å². The molecule has 0 aromatic heterocycles. The Kier molecular flexibility index (Phi) is 6.15. The lowest BCUT2D eigenvalue weighted by molar-refractivity contribution is 0.509. The summed E-state index contributed by atoms with van der Waals surface area (Å²) in [5.41, 5.74) is -5.01. The first kappa shape index (κ1) is 29.3. The molecule has 0 atom stereocenters. The molecule has 48 heavy (non-hydrogen) atoms. The maximum Gasteiger partial charge on any atom is 0.159 e. The molecule has 3 aliphatic carbocycles. The van der Waals surface area contributed by atoms with Crippen molar-refractivity contribution in [2.24, 2.45) is 0 Å². The summed E-state index contributed by atoms with van der Waals surface area (Å²) in [4.78, 5) is 0. The Labute approximate surface area is 265 Å². The number of nitriles is 6. The highest BCUT2D eigenvalue weighted by atomic mass is 19.2. The summed E-state index contributed by atoms with van der Waals surface area (Å²) in [5.74, 6) is -8.37. The molecular weight excluding hydrogens is 630 g/mol. The second-order valence-corrected chi connectivity index (χ2v) is 10.6. The summed E-state index contributed by atoms with van der Waals surface area (Å²) in [6.45, 7) is 0. The normalized spacial score (nSPS) is 12.1. The molecular formula is C36H6F6N6. The van der Waals surface area contributed by atoms with Crippen molar-refractivity contribution in [2.75, 3.05) is 0 Å². The van der Waals surface area contributed by atoms with E-state index in [4.69, 9.17) is 0 Å². The van der Waals surface area contributed by atoms with Gasteiger partial charge in [-0.25, -0.2) is 26.3 Å². The predicted molar refractivity (Wildman–Crippen MR) is 154 cm³/mol. The van der Waals surface area contributed by atoms with Crippen LogP contribution in [0.5, 0.6) is 0 Å². The molecule has 0 spiro atoms. The largest absolute Gasteiger partial charge is 0.204 e. The van der Waals surface area contributed by atoms with Crippen LogP contribution >= 0.6 is 0 Å². The molecule has 3 aliphatic rings. The molecule has 6 nitrogen and oxygen atoms in total. The highest BCUT2D eigenvalue weighted by molar-refractivity contribution is 6.24. The molecule has 12 heteroatoms. The quantitative estimate of drug-likeness (QED) is 0.122. The van der Waals surface area contributed by atoms with Gasteiger partial charge in [0.1, 0.15) is 53.1 Å². The summed E-state index contributed by atoms with van der Waals surface area (Å²) >= 11 is 0. The summed E-state index contributed by atoms with van der Waals surface area (Å²) in [5, 5.41) is 60.2. The van der Waals surface area contributed by atoms with E-state index in [0.29, 0.717) is 18.2 Å². The molecule has 222 valence electrons. The van der Waals surface area contributed by atoms with Gasteiger partial charge in [0.2, 0.25) is 0 Å². The zero-order valence-electron chi connectivity index (χ0n) is 23.4. The summed E-state index contributed by atoms with van der Waals surface area (Å²) in [6, 6.07) is 14.4. The summed E-state index contributed by atoms with van der Waals surface area (Å²) in [7, 11) is 0. The average Bonchev–Trinajstić information content (AvgIpc) is 3.66. The number of nitrogens with zero attached hydrogens (tertiary/aromatic N) is 6. The van der Waals surface area contributed by atoms with Crippen LogP contribution < -0.4 is 0 Å². The van der Waals surface area contributed by atoms with Gasteiger partial charge in [0.15, 0.2) is 34.9 Å². The van der Waals surface area contributed by atoms with E-state index in [0.717, 1.165) is 18.2 Å². The lowest BCUT2D eigenvalue weighted by Gasteiger charge is -2.18. The van der Waals surface area contributed by atoms with Gasteiger partial charge in [0.05, 0.1) is 0 Å². The van der Waals surface area contributed by atoms with E-state index in [-0.39, 0.29) is 83.5 Å². The molecule has 0 bridgehead atoms. The van der Waals surface area contributed by atoms with Gasteiger partial charge in [0, 0.05) is 33.4 Å². The first-order valence-corrected chi connectivity index (χ1v) is 13.4. The molecule has 4 aromatic carbocycles. The minimum Gasteiger partial charge on any atom is -0.204 e. The summed E-state index contributed by atoms with van der Waals surface area (Å²) in [6.07, 6.45) is 0. The van der Waals surface area contributed by atoms with Gasteiger partial charge in [0.25, 0.3) is 0 Å². The average molecular weight is 636 g/mol. The van der Waals surface area contributed by atoms with Gasteiger partial charge in [-0.05, 0) is 86.5 Å². The minimum atomic E-state index is -1.40. The molecule has 0 aliphatic heterocycles. The zero-order chi connectivity index (χ0) is 34.3. The Balaban J connectivity index is 1.91. The second-order valence-electron chi connectivity index (χ2n) is 10.6. The fourth-order valence-electron chi connectivity index (χ4n) is 6.78. The van der Waals surface area contributed by atoms with Crippen molar-refractivity contribution in [3.05, 3.63) is 121 Å². The van der Waals surface area contributed by atoms with Crippen molar-refractivity contribution in [3.8, 4) is 69.8 Å². The smallest absolute Gasteiger partial charge is 0.159 e. The fourth-order valence-corrected chi connectivity index (χ4v) is 6.78. The van der Waals surface area contributed by atoms with Gasteiger partial charge < -0.3 is 0 Å². The number of benzene rings is 4. The summed E-state index contributed by atoms with van der Waals surface area (Å²) < 4.78 is 89.8. The van der Waals surface area contributed by atoms with Gasteiger partial charge in [-0.1, -0.05) is 0 Å². The van der Waals surface area contributed by atoms with Gasteiger partial charge in [-0.2, -0.15) is 31.6 Å². The van der Waals surface area contributed by atoms with E-state index < -0.39 is 51.6 Å². The van der Waals surface area contributed by atoms with Crippen LogP contribution in [0.4, 0.5) is 26.3 Å². The third-order valence-electron chi connectivity index (χ3n) is 8.47. The number of hydrogen-bond acceptors (Lipinski definition) is 6. The number of rotatable bonds is 0. The van der Waals surface area contributed by atoms with E-state index in [2.05, 4.69) is 0 Å². The number of hydrogen-bond donors (Lipinski definition) is 0. The number of halogens is 6. The molecule has 7 rings (SSSR count). The Morgan fingerprint density at radius 1 is 0.312 bits per heavy atom. The standard InChI is InChI=1S/C36H6F6N6/c37-22-1-16-19(4-25(22)40)31-34(28(16)13(7-43)8-44)32-20-5-26(41)23(38)2-17(20)30(15(11-47)12-48)36(32)33-21-6-27(42)24(39)3-18(21)29(35(31)33)14(9-45)10-46/h1-6H. The lowest BCUT2D eigenvalue weighted by atomic mass is 9.82. The van der Waals surface area contributed by atoms with Crippen LogP contribution in [0.25, 0.3) is 50.1 Å². The Bertz CT molecular complexity index is 2330. The third kappa shape index (κ3) is 3.52. The van der Waals surface area contributed by atoms with E-state index in [1.807, 2.05) is 0 Å². The second kappa shape index (κ2) is 10.1. The Morgan fingerprint density at radius 3 is 0.688 bits per heavy atom. The lowest BCUT2D eigenvalue weighted by Crippen LogP contribution is -1.99. The van der Waals surface area contributed by atoms with E-state index in [9.17, 15) is 44.7 Å². The Hall–Kier alpha value is -7.38. The maximum atomic E-state index is 15.0. The van der Waals surface area contributed by atoms with Crippen molar-refractivity contribution in [3.63, 3.8) is 0 Å².